The number of likely N-dealkylation sites (tertiary alicyclic amines) is 1. The Bertz CT molecular complexity index is 1390. The van der Waals surface area contributed by atoms with Gasteiger partial charge in [0.1, 0.15) is 6.04 Å². The molecule has 216 valence electrons. The second-order valence-corrected chi connectivity index (χ2v) is 12.1. The van der Waals surface area contributed by atoms with Crippen LogP contribution in [0.1, 0.15) is 69.7 Å². The maximum absolute atomic E-state index is 13.4. The molecule has 3 fully saturated rings. The van der Waals surface area contributed by atoms with E-state index in [9.17, 15) is 19.2 Å². The van der Waals surface area contributed by atoms with E-state index in [-0.39, 0.29) is 18.7 Å². The van der Waals surface area contributed by atoms with Gasteiger partial charge in [-0.25, -0.2) is 0 Å². The van der Waals surface area contributed by atoms with Crippen molar-refractivity contribution >= 4 is 23.6 Å². The van der Waals surface area contributed by atoms with Gasteiger partial charge in [0.25, 0.3) is 11.8 Å². The number of morpholine rings is 1. The van der Waals surface area contributed by atoms with Gasteiger partial charge in [0.15, 0.2) is 0 Å². The standard InChI is InChI=1S/C32H38N4O5/c1-19-13-22(8-10-24(19)14-34-15-25(16-34)35-20(2)17-41-18-21(35)3)7-9-23-5-4-6-26-29(23)32(40)36(31(26)39)27-11-12-28(37)33-30(27)38/h4-6,8,10,13,20-21,25,27H,7,9,11-12,14-18H2,1-3H3,(H,33,37,38)/t20-,21+,27?. The van der Waals surface area contributed by atoms with Crippen molar-refractivity contribution in [1.82, 2.24) is 20.0 Å². The fourth-order valence-corrected chi connectivity index (χ4v) is 7.00. The van der Waals surface area contributed by atoms with Gasteiger partial charge >= 0.3 is 0 Å². The number of nitrogens with zero attached hydrogens (tertiary/aromatic N) is 3. The molecule has 0 saturated carbocycles. The third-order valence-corrected chi connectivity index (χ3v) is 9.13. The van der Waals surface area contributed by atoms with Gasteiger partial charge in [0.2, 0.25) is 11.8 Å². The van der Waals surface area contributed by atoms with E-state index in [1.54, 1.807) is 12.1 Å². The Balaban J connectivity index is 1.08. The second-order valence-electron chi connectivity index (χ2n) is 12.1. The molecule has 4 amide bonds. The third kappa shape index (κ3) is 5.22. The van der Waals surface area contributed by atoms with Crippen molar-refractivity contribution < 1.29 is 23.9 Å². The molecule has 4 aliphatic heterocycles. The van der Waals surface area contributed by atoms with Crippen LogP contribution in [0.5, 0.6) is 0 Å². The number of amides is 4. The molecule has 0 bridgehead atoms. The number of benzene rings is 2. The van der Waals surface area contributed by atoms with E-state index in [0.717, 1.165) is 49.7 Å². The SMILES string of the molecule is Cc1cc(CCc2cccc3c2C(=O)N(C2CCC(=O)NC2=O)C3=O)ccc1CN1CC(N2[C@H](C)COC[C@@H]2C)C1. The molecule has 0 radical (unpaired) electrons. The number of hydrogen-bond acceptors (Lipinski definition) is 7. The number of hydrogen-bond donors (Lipinski definition) is 1. The largest absolute Gasteiger partial charge is 0.378 e. The highest BCUT2D eigenvalue weighted by molar-refractivity contribution is 6.24. The zero-order valence-electron chi connectivity index (χ0n) is 24.0. The smallest absolute Gasteiger partial charge is 0.262 e. The number of nitrogens with one attached hydrogen (secondary N) is 1. The van der Waals surface area contributed by atoms with Crippen LogP contribution in [-0.4, -0.2) is 88.8 Å². The summed E-state index contributed by atoms with van der Waals surface area (Å²) in [6.45, 7) is 11.4. The molecule has 3 saturated heterocycles. The minimum absolute atomic E-state index is 0.108. The van der Waals surface area contributed by atoms with Crippen molar-refractivity contribution in [2.45, 2.75) is 77.2 Å². The van der Waals surface area contributed by atoms with E-state index in [2.05, 4.69) is 54.1 Å². The van der Waals surface area contributed by atoms with Gasteiger partial charge < -0.3 is 4.74 Å². The summed E-state index contributed by atoms with van der Waals surface area (Å²) in [5.41, 5.74) is 5.28. The highest BCUT2D eigenvalue weighted by Crippen LogP contribution is 2.31. The molecule has 0 aliphatic carbocycles. The summed E-state index contributed by atoms with van der Waals surface area (Å²) in [6.07, 6.45) is 1.60. The number of piperidine rings is 1. The minimum atomic E-state index is -0.953. The molecular weight excluding hydrogens is 520 g/mol. The fourth-order valence-electron chi connectivity index (χ4n) is 7.00. The van der Waals surface area contributed by atoms with Crippen molar-refractivity contribution in [2.24, 2.45) is 0 Å². The zero-order chi connectivity index (χ0) is 28.8. The summed E-state index contributed by atoms with van der Waals surface area (Å²) in [4.78, 5) is 56.7. The van der Waals surface area contributed by atoms with Gasteiger partial charge in [-0.15, -0.1) is 0 Å². The van der Waals surface area contributed by atoms with E-state index in [4.69, 9.17) is 4.74 Å². The molecular formula is C32H38N4O5. The summed E-state index contributed by atoms with van der Waals surface area (Å²) < 4.78 is 5.70. The molecule has 1 N–H and O–H groups in total. The summed E-state index contributed by atoms with van der Waals surface area (Å²) in [5, 5.41) is 2.25. The van der Waals surface area contributed by atoms with Crippen LogP contribution in [0.15, 0.2) is 36.4 Å². The number of fused-ring (bicyclic) bond motifs is 1. The number of carbonyl (C=O) groups excluding carboxylic acids is 4. The zero-order valence-corrected chi connectivity index (χ0v) is 24.0. The van der Waals surface area contributed by atoms with Crippen LogP contribution in [0.4, 0.5) is 0 Å². The Morgan fingerprint density at radius 3 is 2.39 bits per heavy atom. The lowest BCUT2D eigenvalue weighted by atomic mass is 9.95. The molecule has 2 aromatic carbocycles. The lowest BCUT2D eigenvalue weighted by Crippen LogP contribution is -2.65. The highest BCUT2D eigenvalue weighted by Gasteiger charge is 2.45. The van der Waals surface area contributed by atoms with Crippen molar-refractivity contribution in [3.05, 3.63) is 69.8 Å². The van der Waals surface area contributed by atoms with Crippen molar-refractivity contribution in [1.29, 1.82) is 0 Å². The van der Waals surface area contributed by atoms with Gasteiger partial charge in [-0.1, -0.05) is 30.3 Å². The van der Waals surface area contributed by atoms with Gasteiger partial charge in [-0.3, -0.25) is 39.2 Å². The predicted octanol–water partition coefficient (Wildman–Crippen LogP) is 2.47. The first-order valence-corrected chi connectivity index (χ1v) is 14.7. The Hall–Kier alpha value is -3.40. The van der Waals surface area contributed by atoms with Gasteiger partial charge in [-0.05, 0) is 68.4 Å². The van der Waals surface area contributed by atoms with E-state index in [1.165, 1.54) is 16.7 Å². The van der Waals surface area contributed by atoms with E-state index in [0.29, 0.717) is 35.7 Å². The van der Waals surface area contributed by atoms with Gasteiger partial charge in [0, 0.05) is 44.2 Å². The molecule has 4 aliphatic rings. The molecule has 4 heterocycles. The predicted molar refractivity (Wildman–Crippen MR) is 152 cm³/mol. The van der Waals surface area contributed by atoms with E-state index < -0.39 is 23.8 Å². The quantitative estimate of drug-likeness (QED) is 0.522. The van der Waals surface area contributed by atoms with Crippen LogP contribution in [0.3, 0.4) is 0 Å². The van der Waals surface area contributed by atoms with Crippen LogP contribution in [-0.2, 0) is 33.7 Å². The Morgan fingerprint density at radius 2 is 1.68 bits per heavy atom. The van der Waals surface area contributed by atoms with Crippen LogP contribution in [0.2, 0.25) is 0 Å². The molecule has 9 heteroatoms. The lowest BCUT2D eigenvalue weighted by molar-refractivity contribution is -0.136. The van der Waals surface area contributed by atoms with Gasteiger partial charge in [-0.2, -0.15) is 0 Å². The number of aryl methyl sites for hydroxylation is 3. The average molecular weight is 559 g/mol. The molecule has 6 rings (SSSR count). The lowest BCUT2D eigenvalue weighted by Gasteiger charge is -2.51. The molecule has 41 heavy (non-hydrogen) atoms. The Morgan fingerprint density at radius 1 is 0.927 bits per heavy atom. The van der Waals surface area contributed by atoms with Crippen molar-refractivity contribution in [2.75, 3.05) is 26.3 Å². The van der Waals surface area contributed by atoms with E-state index >= 15 is 0 Å². The molecule has 9 nitrogen and oxygen atoms in total. The summed E-state index contributed by atoms with van der Waals surface area (Å²) >= 11 is 0. The Kier molecular flexibility index (Phi) is 7.52. The molecule has 2 aromatic rings. The first kappa shape index (κ1) is 27.8. The van der Waals surface area contributed by atoms with Crippen LogP contribution in [0.25, 0.3) is 0 Å². The monoisotopic (exact) mass is 558 g/mol. The molecule has 0 aromatic heterocycles. The molecule has 0 spiro atoms. The van der Waals surface area contributed by atoms with Crippen LogP contribution < -0.4 is 5.32 Å². The second kappa shape index (κ2) is 11.1. The maximum atomic E-state index is 13.4. The van der Waals surface area contributed by atoms with Crippen LogP contribution >= 0.6 is 0 Å². The average Bonchev–Trinajstić information content (AvgIpc) is 3.17. The summed E-state index contributed by atoms with van der Waals surface area (Å²) in [6, 6.07) is 12.5. The minimum Gasteiger partial charge on any atom is -0.378 e. The van der Waals surface area contributed by atoms with E-state index in [1.807, 2.05) is 6.07 Å². The number of rotatable bonds is 7. The number of carbonyl (C=O) groups is 4. The van der Waals surface area contributed by atoms with Crippen LogP contribution in [0, 0.1) is 6.92 Å². The molecule has 1 unspecified atom stereocenters. The summed E-state index contributed by atoms with van der Waals surface area (Å²) in [7, 11) is 0. The summed E-state index contributed by atoms with van der Waals surface area (Å²) in [5.74, 6) is -1.88. The fraction of sp³-hybridized carbons (Fsp3) is 0.500. The third-order valence-electron chi connectivity index (χ3n) is 9.13. The number of ether oxygens (including phenoxy) is 1. The topological polar surface area (TPSA) is 99.3 Å². The first-order valence-electron chi connectivity index (χ1n) is 14.7. The number of imide groups is 2. The maximum Gasteiger partial charge on any atom is 0.262 e. The van der Waals surface area contributed by atoms with Gasteiger partial charge in [0.05, 0.1) is 24.3 Å². The highest BCUT2D eigenvalue weighted by atomic mass is 16.5. The normalized spacial score (nSPS) is 25.8. The first-order chi connectivity index (χ1) is 19.7. The van der Waals surface area contributed by atoms with Crippen molar-refractivity contribution in [3.63, 3.8) is 0 Å². The Labute approximate surface area is 240 Å². The van der Waals surface area contributed by atoms with Crippen molar-refractivity contribution in [3.8, 4) is 0 Å². The molecule has 3 atom stereocenters.